The van der Waals surface area contributed by atoms with Crippen molar-refractivity contribution in [3.8, 4) is 0 Å². The van der Waals surface area contributed by atoms with Crippen LogP contribution in [0.4, 0.5) is 5.69 Å². The number of para-hydroxylation sites is 1. The third-order valence-corrected chi connectivity index (χ3v) is 4.85. The Balaban J connectivity index is 2.93. The summed E-state index contributed by atoms with van der Waals surface area (Å²) >= 11 is 0. The van der Waals surface area contributed by atoms with Crippen LogP contribution in [0.15, 0.2) is 28.2 Å². The second-order valence-corrected chi connectivity index (χ2v) is 7.76. The third-order valence-electron chi connectivity index (χ3n) is 4.85. The number of rotatable bonds is 10. The van der Waals surface area contributed by atoms with E-state index in [1.54, 1.807) is 0 Å². The zero-order valence-corrected chi connectivity index (χ0v) is 18.3. The molecule has 26 heavy (non-hydrogen) atoms. The van der Waals surface area contributed by atoms with E-state index < -0.39 is 0 Å². The lowest BCUT2D eigenvalue weighted by Gasteiger charge is -2.17. The molecule has 0 radical (unpaired) electrons. The Bertz CT molecular complexity index is 582. The maximum atomic E-state index is 5.04. The molecule has 0 aliphatic rings. The van der Waals surface area contributed by atoms with Gasteiger partial charge in [0.25, 0.3) is 0 Å². The van der Waals surface area contributed by atoms with E-state index in [9.17, 15) is 0 Å². The molecule has 146 valence electrons. The minimum absolute atomic E-state index is 0.476. The highest BCUT2D eigenvalue weighted by Gasteiger charge is 2.13. The lowest BCUT2D eigenvalue weighted by Crippen LogP contribution is -2.26. The van der Waals surface area contributed by atoms with Crippen LogP contribution in [0.25, 0.3) is 0 Å². The SMILES string of the molecule is CCN(CC)CCN=C(C)CC(C)=Nc1c(C(C)C)cccc1C(C)C. The fraction of sp³-hybridized carbons (Fsp3) is 0.652. The smallest absolute Gasteiger partial charge is 0.0698 e. The fourth-order valence-corrected chi connectivity index (χ4v) is 3.22. The highest BCUT2D eigenvalue weighted by molar-refractivity contribution is 6.03. The molecule has 3 heteroatoms. The molecule has 0 atom stereocenters. The Morgan fingerprint density at radius 3 is 1.92 bits per heavy atom. The van der Waals surface area contributed by atoms with E-state index >= 15 is 0 Å². The van der Waals surface area contributed by atoms with Gasteiger partial charge in [-0.2, -0.15) is 0 Å². The molecule has 0 saturated carbocycles. The Morgan fingerprint density at radius 2 is 1.46 bits per heavy atom. The highest BCUT2D eigenvalue weighted by Crippen LogP contribution is 2.34. The average molecular weight is 358 g/mol. The minimum atomic E-state index is 0.476. The van der Waals surface area contributed by atoms with Crippen molar-refractivity contribution in [1.29, 1.82) is 0 Å². The molecule has 0 spiro atoms. The van der Waals surface area contributed by atoms with Gasteiger partial charge in [-0.05, 0) is 49.9 Å². The molecule has 0 N–H and O–H groups in total. The van der Waals surface area contributed by atoms with Crippen LogP contribution >= 0.6 is 0 Å². The molecule has 0 heterocycles. The summed E-state index contributed by atoms with van der Waals surface area (Å²) < 4.78 is 0. The van der Waals surface area contributed by atoms with E-state index in [1.807, 2.05) is 0 Å². The Kier molecular flexibility index (Phi) is 9.79. The molecule has 0 aliphatic carbocycles. The van der Waals surface area contributed by atoms with E-state index in [0.29, 0.717) is 11.8 Å². The van der Waals surface area contributed by atoms with Crippen LogP contribution in [-0.4, -0.2) is 42.5 Å². The van der Waals surface area contributed by atoms with Gasteiger partial charge >= 0.3 is 0 Å². The first kappa shape index (κ1) is 22.6. The summed E-state index contributed by atoms with van der Waals surface area (Å²) in [6, 6.07) is 6.60. The van der Waals surface area contributed by atoms with Crippen molar-refractivity contribution < 1.29 is 0 Å². The average Bonchev–Trinajstić information content (AvgIpc) is 2.58. The Hall–Kier alpha value is -1.48. The number of hydrogen-bond donors (Lipinski definition) is 0. The van der Waals surface area contributed by atoms with Gasteiger partial charge in [-0.1, -0.05) is 59.7 Å². The van der Waals surface area contributed by atoms with Gasteiger partial charge in [0, 0.05) is 24.4 Å². The standard InChI is InChI=1S/C23H39N3/c1-9-26(10-2)15-14-24-19(7)16-20(8)25-23-21(17(3)4)12-11-13-22(23)18(5)6/h11-13,17-18H,9-10,14-16H2,1-8H3. The van der Waals surface area contributed by atoms with Gasteiger partial charge in [0.2, 0.25) is 0 Å². The van der Waals surface area contributed by atoms with Gasteiger partial charge < -0.3 is 4.90 Å². The van der Waals surface area contributed by atoms with Crippen molar-refractivity contribution in [1.82, 2.24) is 4.90 Å². The van der Waals surface area contributed by atoms with Crippen LogP contribution in [0.1, 0.15) is 84.8 Å². The van der Waals surface area contributed by atoms with Gasteiger partial charge in [0.1, 0.15) is 0 Å². The number of likely N-dealkylation sites (N-methyl/N-ethyl adjacent to an activating group) is 1. The molecule has 0 aliphatic heterocycles. The van der Waals surface area contributed by atoms with E-state index in [4.69, 9.17) is 9.98 Å². The molecule has 0 amide bonds. The van der Waals surface area contributed by atoms with Gasteiger partial charge in [0.15, 0.2) is 0 Å². The first-order valence-corrected chi connectivity index (χ1v) is 10.2. The second-order valence-electron chi connectivity index (χ2n) is 7.76. The van der Waals surface area contributed by atoms with Crippen LogP contribution in [0.5, 0.6) is 0 Å². The van der Waals surface area contributed by atoms with Crippen molar-refractivity contribution in [2.75, 3.05) is 26.2 Å². The molecule has 1 aromatic rings. The summed E-state index contributed by atoms with van der Waals surface area (Å²) in [5, 5.41) is 0. The predicted molar refractivity (Wildman–Crippen MR) is 118 cm³/mol. The Labute approximate surface area is 161 Å². The van der Waals surface area contributed by atoms with E-state index in [2.05, 4.69) is 78.5 Å². The van der Waals surface area contributed by atoms with Gasteiger partial charge in [-0.15, -0.1) is 0 Å². The highest BCUT2D eigenvalue weighted by atomic mass is 15.1. The third kappa shape index (κ3) is 7.03. The minimum Gasteiger partial charge on any atom is -0.302 e. The normalized spacial score (nSPS) is 13.3. The molecule has 0 unspecified atom stereocenters. The first-order valence-electron chi connectivity index (χ1n) is 10.2. The quantitative estimate of drug-likeness (QED) is 0.457. The zero-order valence-electron chi connectivity index (χ0n) is 18.3. The van der Waals surface area contributed by atoms with Crippen LogP contribution in [0, 0.1) is 0 Å². The molecule has 0 bridgehead atoms. The molecule has 0 aromatic heterocycles. The Morgan fingerprint density at radius 1 is 0.923 bits per heavy atom. The number of benzene rings is 1. The van der Waals surface area contributed by atoms with Gasteiger partial charge in [0.05, 0.1) is 12.2 Å². The number of hydrogen-bond acceptors (Lipinski definition) is 3. The predicted octanol–water partition coefficient (Wildman–Crippen LogP) is 6.22. The summed E-state index contributed by atoms with van der Waals surface area (Å²) in [5.74, 6) is 0.952. The lowest BCUT2D eigenvalue weighted by molar-refractivity contribution is 0.313. The molecule has 1 aromatic carbocycles. The van der Waals surface area contributed by atoms with Gasteiger partial charge in [-0.3, -0.25) is 9.98 Å². The largest absolute Gasteiger partial charge is 0.302 e. The molecule has 0 saturated heterocycles. The van der Waals surface area contributed by atoms with Gasteiger partial charge in [-0.25, -0.2) is 0 Å². The summed E-state index contributed by atoms with van der Waals surface area (Å²) in [4.78, 5) is 12.2. The monoisotopic (exact) mass is 357 g/mol. The summed E-state index contributed by atoms with van der Waals surface area (Å²) in [5.41, 5.74) is 6.17. The molecule has 0 fully saturated rings. The molecular formula is C23H39N3. The topological polar surface area (TPSA) is 28.0 Å². The molecule has 3 nitrogen and oxygen atoms in total. The van der Waals surface area contributed by atoms with Crippen molar-refractivity contribution in [2.45, 2.75) is 73.6 Å². The van der Waals surface area contributed by atoms with E-state index in [-0.39, 0.29) is 0 Å². The first-order chi connectivity index (χ1) is 12.3. The zero-order chi connectivity index (χ0) is 19.7. The van der Waals surface area contributed by atoms with Crippen molar-refractivity contribution in [3.05, 3.63) is 29.3 Å². The van der Waals surface area contributed by atoms with E-state index in [1.165, 1.54) is 22.5 Å². The summed E-state index contributed by atoms with van der Waals surface area (Å²) in [7, 11) is 0. The fourth-order valence-electron chi connectivity index (χ4n) is 3.22. The van der Waals surface area contributed by atoms with Crippen molar-refractivity contribution >= 4 is 17.1 Å². The van der Waals surface area contributed by atoms with Crippen molar-refractivity contribution in [3.63, 3.8) is 0 Å². The molecular weight excluding hydrogens is 318 g/mol. The lowest BCUT2D eigenvalue weighted by atomic mass is 9.93. The van der Waals surface area contributed by atoms with Crippen molar-refractivity contribution in [2.24, 2.45) is 9.98 Å². The maximum absolute atomic E-state index is 5.04. The summed E-state index contributed by atoms with van der Waals surface area (Å²) in [6.45, 7) is 21.7. The number of nitrogens with zero attached hydrogens (tertiary/aromatic N) is 3. The number of aliphatic imine (C=N–C) groups is 2. The van der Waals surface area contributed by atoms with Crippen LogP contribution in [0.2, 0.25) is 0 Å². The van der Waals surface area contributed by atoms with Crippen LogP contribution in [0.3, 0.4) is 0 Å². The maximum Gasteiger partial charge on any atom is 0.0698 e. The summed E-state index contributed by atoms with van der Waals surface area (Å²) in [6.07, 6.45) is 0.849. The van der Waals surface area contributed by atoms with Crippen LogP contribution in [-0.2, 0) is 0 Å². The van der Waals surface area contributed by atoms with E-state index in [0.717, 1.165) is 38.3 Å². The second kappa shape index (κ2) is 11.3. The molecule has 1 rings (SSSR count). The van der Waals surface area contributed by atoms with Crippen LogP contribution < -0.4 is 0 Å².